The van der Waals surface area contributed by atoms with Gasteiger partial charge in [-0.05, 0) is 72.2 Å². The van der Waals surface area contributed by atoms with E-state index in [1.807, 2.05) is 18.2 Å². The fourth-order valence-corrected chi connectivity index (χ4v) is 8.58. The minimum Gasteiger partial charge on any atom is -0.507 e. The fraction of sp³-hybridized carbons (Fsp3) is 0.211. The number of aromatic carboxylic acids is 2. The highest BCUT2D eigenvalue weighted by Gasteiger charge is 2.62. The number of phenols is 1. The number of fused-ring (bicyclic) bond motifs is 5. The van der Waals surface area contributed by atoms with Gasteiger partial charge in [0.15, 0.2) is 0 Å². The van der Waals surface area contributed by atoms with Crippen LogP contribution in [0.4, 0.5) is 11.4 Å². The molecule has 4 aromatic carbocycles. The van der Waals surface area contributed by atoms with E-state index in [4.69, 9.17) is 0 Å². The van der Waals surface area contributed by atoms with Crippen molar-refractivity contribution in [1.29, 1.82) is 0 Å². The van der Waals surface area contributed by atoms with Crippen LogP contribution in [0, 0.1) is 29.6 Å². The molecule has 1 saturated carbocycles. The topological polar surface area (TPSA) is 170 Å². The monoisotopic (exact) mass is 656 g/mol. The molecule has 0 unspecified atom stereocenters. The summed E-state index contributed by atoms with van der Waals surface area (Å²) in [5.74, 6) is -9.06. The Morgan fingerprint density at radius 1 is 0.612 bits per heavy atom. The normalized spacial score (nSPS) is 26.0. The highest BCUT2D eigenvalue weighted by atomic mass is 16.4. The van der Waals surface area contributed by atoms with Gasteiger partial charge in [0.05, 0.1) is 46.2 Å². The first-order valence-electron chi connectivity index (χ1n) is 15.9. The van der Waals surface area contributed by atoms with E-state index in [-0.39, 0.29) is 41.1 Å². The van der Waals surface area contributed by atoms with Gasteiger partial charge in [0.2, 0.25) is 23.6 Å². The molecule has 0 aromatic heterocycles. The standard InChI is InChI=1S/C38H28N2O9/c41-29-14-13-24(22-9-1-2-10-23(22)29)30-25-11-12-26-31(35(44)39(33(26)42)20-7-3-5-18(15-20)37(46)47)27(25)17-28-32(30)36(45)40(34(28)43)21-8-4-6-19(16-21)38(48)49/h1-11,13-16,26-28,30-32,41H,12,17H2,(H,46,47)(H,48,49)/t26-,27+,28+,30-,31-,32+/m0/s1. The Morgan fingerprint density at radius 3 is 1.80 bits per heavy atom. The van der Waals surface area contributed by atoms with E-state index in [1.165, 1.54) is 48.5 Å². The molecule has 0 bridgehead atoms. The summed E-state index contributed by atoms with van der Waals surface area (Å²) in [6.07, 6.45) is 2.21. The summed E-state index contributed by atoms with van der Waals surface area (Å²) in [6.45, 7) is 0. The van der Waals surface area contributed by atoms with Crippen LogP contribution in [-0.4, -0.2) is 50.9 Å². The number of hydrogen-bond acceptors (Lipinski definition) is 7. The molecule has 6 atom stereocenters. The number of allylic oxidation sites excluding steroid dienone is 2. The number of imide groups is 2. The Kier molecular flexibility index (Phi) is 6.78. The fourth-order valence-electron chi connectivity index (χ4n) is 8.58. The van der Waals surface area contributed by atoms with E-state index >= 15 is 0 Å². The van der Waals surface area contributed by atoms with Crippen molar-refractivity contribution in [3.05, 3.63) is 113 Å². The first-order valence-corrected chi connectivity index (χ1v) is 15.9. The molecular weight excluding hydrogens is 628 g/mol. The summed E-state index contributed by atoms with van der Waals surface area (Å²) >= 11 is 0. The van der Waals surface area contributed by atoms with Gasteiger partial charge < -0.3 is 15.3 Å². The van der Waals surface area contributed by atoms with Gasteiger partial charge in [-0.2, -0.15) is 0 Å². The summed E-state index contributed by atoms with van der Waals surface area (Å²) in [4.78, 5) is 82.5. The van der Waals surface area contributed by atoms with E-state index in [0.717, 1.165) is 15.4 Å². The first kappa shape index (κ1) is 30.2. The number of rotatable bonds is 5. The lowest BCUT2D eigenvalue weighted by molar-refractivity contribution is -0.126. The zero-order valence-electron chi connectivity index (χ0n) is 25.7. The molecule has 2 aliphatic heterocycles. The predicted molar refractivity (Wildman–Crippen MR) is 175 cm³/mol. The van der Waals surface area contributed by atoms with Crippen molar-refractivity contribution >= 4 is 57.7 Å². The Hall–Kier alpha value is -6.10. The van der Waals surface area contributed by atoms with Crippen molar-refractivity contribution < 1.29 is 44.1 Å². The second-order valence-electron chi connectivity index (χ2n) is 13.0. The number of nitrogens with zero attached hydrogens (tertiary/aromatic N) is 2. The van der Waals surface area contributed by atoms with Gasteiger partial charge in [0.25, 0.3) is 0 Å². The molecule has 4 aromatic rings. The summed E-state index contributed by atoms with van der Waals surface area (Å²) in [6, 6.07) is 21.7. The molecule has 3 N–H and O–H groups in total. The number of carboxylic acid groups (broad SMARTS) is 2. The van der Waals surface area contributed by atoms with Gasteiger partial charge in [-0.3, -0.25) is 29.0 Å². The first-order chi connectivity index (χ1) is 23.6. The quantitative estimate of drug-likeness (QED) is 0.198. The number of aromatic hydroxyl groups is 1. The SMILES string of the molecule is O=C(O)c1cccc(N2C(=O)[C@H]3[C@H](CC=C4[C@H]3C[C@H]3C(=O)N(c5cccc(C(=O)O)c5)C(=O)[C@H]3[C@H]4c3ccc(O)c4ccccc34)C2=O)c1. The highest BCUT2D eigenvalue weighted by Crippen LogP contribution is 2.59. The second kappa shape index (κ2) is 11.0. The molecule has 11 nitrogen and oxygen atoms in total. The molecule has 2 aliphatic carbocycles. The Balaban J connectivity index is 1.27. The third-order valence-electron chi connectivity index (χ3n) is 10.6. The predicted octanol–water partition coefficient (Wildman–Crippen LogP) is 4.99. The number of carbonyl (C=O) groups excluding carboxylic acids is 4. The van der Waals surface area contributed by atoms with Crippen molar-refractivity contribution in [1.82, 2.24) is 0 Å². The summed E-state index contributed by atoms with van der Waals surface area (Å²) < 4.78 is 0. The van der Waals surface area contributed by atoms with E-state index < -0.39 is 71.1 Å². The van der Waals surface area contributed by atoms with Gasteiger partial charge in [0.1, 0.15) is 5.75 Å². The van der Waals surface area contributed by atoms with Crippen molar-refractivity contribution in [3.63, 3.8) is 0 Å². The number of carbonyl (C=O) groups is 6. The lowest BCUT2D eigenvalue weighted by Gasteiger charge is -2.44. The molecular formula is C38H28N2O9. The molecule has 49 heavy (non-hydrogen) atoms. The van der Waals surface area contributed by atoms with Crippen LogP contribution in [0.1, 0.15) is 45.0 Å². The molecule has 3 fully saturated rings. The molecule has 4 amide bonds. The number of anilines is 2. The lowest BCUT2D eigenvalue weighted by Crippen LogP contribution is -2.43. The van der Waals surface area contributed by atoms with Crippen LogP contribution in [0.25, 0.3) is 10.8 Å². The van der Waals surface area contributed by atoms with Crippen LogP contribution in [0.15, 0.2) is 96.6 Å². The lowest BCUT2D eigenvalue weighted by atomic mass is 9.57. The van der Waals surface area contributed by atoms with E-state index in [9.17, 15) is 44.1 Å². The largest absolute Gasteiger partial charge is 0.507 e. The molecule has 4 aliphatic rings. The van der Waals surface area contributed by atoms with Crippen molar-refractivity contribution in [3.8, 4) is 5.75 Å². The van der Waals surface area contributed by atoms with Crippen molar-refractivity contribution in [2.75, 3.05) is 9.80 Å². The van der Waals surface area contributed by atoms with Crippen molar-refractivity contribution in [2.45, 2.75) is 18.8 Å². The van der Waals surface area contributed by atoms with Gasteiger partial charge in [-0.15, -0.1) is 0 Å². The van der Waals surface area contributed by atoms with Crippen LogP contribution in [0.3, 0.4) is 0 Å². The Morgan fingerprint density at radius 2 is 1.18 bits per heavy atom. The summed E-state index contributed by atoms with van der Waals surface area (Å²) in [7, 11) is 0. The number of phenolic OH excluding ortho intramolecular Hbond substituents is 1. The number of benzene rings is 4. The van der Waals surface area contributed by atoms with Crippen LogP contribution in [0.2, 0.25) is 0 Å². The zero-order valence-corrected chi connectivity index (χ0v) is 25.7. The van der Waals surface area contributed by atoms with Crippen LogP contribution < -0.4 is 9.80 Å². The van der Waals surface area contributed by atoms with E-state index in [0.29, 0.717) is 16.3 Å². The minimum absolute atomic E-state index is 0.0395. The Bertz CT molecular complexity index is 2210. The zero-order chi connectivity index (χ0) is 34.3. The molecule has 2 heterocycles. The second-order valence-corrected chi connectivity index (χ2v) is 13.0. The maximum absolute atomic E-state index is 14.5. The number of carboxylic acids is 2. The maximum atomic E-state index is 14.5. The average molecular weight is 657 g/mol. The third-order valence-corrected chi connectivity index (χ3v) is 10.6. The minimum atomic E-state index is -1.21. The molecule has 0 radical (unpaired) electrons. The molecule has 244 valence electrons. The average Bonchev–Trinajstić information content (AvgIpc) is 3.51. The summed E-state index contributed by atoms with van der Waals surface area (Å²) in [5.41, 5.74) is 1.55. The number of amides is 4. The van der Waals surface area contributed by atoms with Gasteiger partial charge >= 0.3 is 11.9 Å². The number of hydrogen-bond donors (Lipinski definition) is 3. The van der Waals surface area contributed by atoms with E-state index in [2.05, 4.69) is 0 Å². The van der Waals surface area contributed by atoms with Crippen molar-refractivity contribution in [2.24, 2.45) is 29.6 Å². The molecule has 0 spiro atoms. The van der Waals surface area contributed by atoms with Gasteiger partial charge in [-0.1, -0.05) is 54.1 Å². The Labute approximate surface area is 278 Å². The van der Waals surface area contributed by atoms with Gasteiger partial charge in [0, 0.05) is 11.3 Å². The molecule has 8 rings (SSSR count). The maximum Gasteiger partial charge on any atom is 0.335 e. The third kappa shape index (κ3) is 4.42. The highest BCUT2D eigenvalue weighted by molar-refractivity contribution is 6.24. The van der Waals surface area contributed by atoms with Crippen LogP contribution in [-0.2, 0) is 19.2 Å². The van der Waals surface area contributed by atoms with Gasteiger partial charge in [-0.25, -0.2) is 9.59 Å². The molecule has 11 heteroatoms. The smallest absolute Gasteiger partial charge is 0.335 e. The van der Waals surface area contributed by atoms with Crippen LogP contribution >= 0.6 is 0 Å². The van der Waals surface area contributed by atoms with Crippen LogP contribution in [0.5, 0.6) is 5.75 Å². The summed E-state index contributed by atoms with van der Waals surface area (Å²) in [5, 5.41) is 31.1. The van der Waals surface area contributed by atoms with E-state index in [1.54, 1.807) is 24.3 Å². The molecule has 2 saturated heterocycles.